The molecule has 0 radical (unpaired) electrons. The van der Waals surface area contributed by atoms with E-state index in [1.54, 1.807) is 0 Å². The first-order valence-corrected chi connectivity index (χ1v) is 27.1. The first-order valence-electron chi connectivity index (χ1n) is 4.82. The van der Waals surface area contributed by atoms with Crippen LogP contribution in [0.25, 0.3) is 0 Å². The zero-order valence-electron chi connectivity index (χ0n) is 10.3. The van der Waals surface area contributed by atoms with E-state index in [0.717, 1.165) is 0 Å². The van der Waals surface area contributed by atoms with Gasteiger partial charge in [0.15, 0.2) is 0 Å². The molecule has 13 heavy (non-hydrogen) atoms. The van der Waals surface area contributed by atoms with E-state index in [-0.39, 0.29) is 0 Å². The summed E-state index contributed by atoms with van der Waals surface area (Å²) >= 11 is -4.22. The van der Waals surface area contributed by atoms with Gasteiger partial charge in [-0.25, -0.2) is 0 Å². The third kappa shape index (κ3) is 10.0. The van der Waals surface area contributed by atoms with Crippen molar-refractivity contribution in [2.75, 3.05) is 0 Å². The molecular weight excluding hydrogens is 394 g/mol. The van der Waals surface area contributed by atoms with E-state index >= 15 is 0 Å². The summed E-state index contributed by atoms with van der Waals surface area (Å²) in [6, 6.07) is 0. The van der Waals surface area contributed by atoms with Crippen LogP contribution in [0.15, 0.2) is 0 Å². The molecule has 0 saturated carbocycles. The number of hydrogen-bond donors (Lipinski definition) is 0. The van der Waals surface area contributed by atoms with Crippen LogP contribution in [-0.2, 0) is 5.53 Å². The van der Waals surface area contributed by atoms with Gasteiger partial charge < -0.3 is 0 Å². The molecule has 5 heteroatoms. The second-order valence-corrected chi connectivity index (χ2v) is 36.6. The van der Waals surface area contributed by atoms with Gasteiger partial charge in [-0.15, -0.1) is 0 Å². The van der Waals surface area contributed by atoms with Gasteiger partial charge in [0, 0.05) is 0 Å². The Morgan fingerprint density at radius 1 is 0.692 bits per heavy atom. The number of hydrogen-bond acceptors (Lipinski definition) is 2. The van der Waals surface area contributed by atoms with Crippen LogP contribution in [0.2, 0.25) is 42.7 Å². The molecule has 0 aliphatic rings. The molecule has 0 unspecified atom stereocenters. The van der Waals surface area contributed by atoms with E-state index in [1.807, 2.05) is 0 Å². The Labute approximate surface area is 93.5 Å². The maximum atomic E-state index is 6.18. The van der Waals surface area contributed by atoms with Crippen molar-refractivity contribution in [2.45, 2.75) is 42.7 Å². The van der Waals surface area contributed by atoms with Crippen molar-refractivity contribution >= 4 is 46.1 Å². The molecule has 0 aliphatic heterocycles. The molecule has 0 bridgehead atoms. The topological polar surface area (TPSA) is 18.5 Å². The molecule has 0 saturated heterocycles. The van der Waals surface area contributed by atoms with Crippen molar-refractivity contribution in [1.29, 1.82) is 0 Å². The Hall–Kier alpha value is 1.73. The number of rotatable bonds is 4. The normalized spacial score (nSPS) is 14.8. The molecule has 0 aliphatic carbocycles. The fourth-order valence-electron chi connectivity index (χ4n) is 1.50. The van der Waals surface area contributed by atoms with Crippen molar-refractivity contribution in [3.05, 3.63) is 0 Å². The summed E-state index contributed by atoms with van der Waals surface area (Å²) in [5.41, 5.74) is 0. The molecule has 0 aromatic carbocycles. The van der Waals surface area contributed by atoms with Crippen molar-refractivity contribution in [3.8, 4) is 0 Å². The van der Waals surface area contributed by atoms with E-state index in [4.69, 9.17) is 5.53 Å². The quantitative estimate of drug-likeness (QED) is 0.653. The van der Waals surface area contributed by atoms with Crippen LogP contribution in [0.5, 0.6) is 0 Å². The third-order valence-corrected chi connectivity index (χ3v) is 22.2. The van der Waals surface area contributed by atoms with E-state index in [1.165, 1.54) is 0 Å². The first kappa shape index (κ1) is 14.7. The van der Waals surface area contributed by atoms with Gasteiger partial charge in [-0.3, -0.25) is 0 Å². The second-order valence-electron chi connectivity index (χ2n) is 5.83. The fraction of sp³-hybridized carbons (Fsp3) is 1.00. The molecule has 0 rings (SSSR count). The van der Waals surface area contributed by atoms with Crippen molar-refractivity contribution in [2.24, 2.45) is 0 Å². The van der Waals surface area contributed by atoms with Gasteiger partial charge in [0.1, 0.15) is 0 Å². The van der Waals surface area contributed by atoms with Crippen LogP contribution in [0, 0.1) is 0 Å². The second kappa shape index (κ2) is 4.71. The minimum atomic E-state index is -2.11. The predicted octanol–water partition coefficient (Wildman–Crippen LogP) is 3.39. The summed E-state index contributed by atoms with van der Waals surface area (Å²) in [6.45, 7) is 4.38. The molecule has 0 atom stereocenters. The van der Waals surface area contributed by atoms with E-state index in [0.29, 0.717) is 0 Å². The molecule has 0 spiro atoms. The Bertz CT molecular complexity index is 152. The van der Waals surface area contributed by atoms with Crippen molar-refractivity contribution in [3.63, 3.8) is 0 Å². The van der Waals surface area contributed by atoms with Gasteiger partial charge in [0.2, 0.25) is 0 Å². The Morgan fingerprint density at radius 2 is 0.923 bits per heavy atom. The third-order valence-electron chi connectivity index (χ3n) is 1.10. The monoisotopic (exact) mass is 420 g/mol. The molecule has 2 nitrogen and oxygen atoms in total. The van der Waals surface area contributed by atoms with Crippen LogP contribution in [0.4, 0.5) is 0 Å². The van der Waals surface area contributed by atoms with Crippen LogP contribution in [0.1, 0.15) is 0 Å². The van der Waals surface area contributed by atoms with Crippen molar-refractivity contribution < 1.29 is 5.53 Å². The average Bonchev–Trinajstić information content (AvgIpc) is 1.43. The van der Waals surface area contributed by atoms with Gasteiger partial charge in [-0.05, 0) is 0 Å². The van der Waals surface area contributed by atoms with E-state index in [2.05, 4.69) is 42.7 Å². The SMILES string of the molecule is C[Si](C)([O][Sn]([CH3])([CH3])[CH3])[O][Sn]([CH3])([CH3])[CH3]. The van der Waals surface area contributed by atoms with Crippen molar-refractivity contribution in [1.82, 2.24) is 0 Å². The molecule has 0 N–H and O–H groups in total. The maximum absolute atomic E-state index is 6.18. The van der Waals surface area contributed by atoms with E-state index in [9.17, 15) is 0 Å². The zero-order chi connectivity index (χ0) is 10.9. The van der Waals surface area contributed by atoms with Crippen LogP contribution in [0.3, 0.4) is 0 Å². The van der Waals surface area contributed by atoms with Gasteiger partial charge in [0.05, 0.1) is 0 Å². The summed E-state index contributed by atoms with van der Waals surface area (Å²) in [5, 5.41) is 0. The summed E-state index contributed by atoms with van der Waals surface area (Å²) in [4.78, 5) is 13.8. The van der Waals surface area contributed by atoms with E-state index < -0.39 is 46.1 Å². The minimum absolute atomic E-state index is 1.79. The zero-order valence-corrected chi connectivity index (χ0v) is 17.0. The molecule has 0 aromatic rings. The van der Waals surface area contributed by atoms with Gasteiger partial charge in [-0.1, -0.05) is 0 Å². The van der Waals surface area contributed by atoms with Crippen LogP contribution in [-0.4, -0.2) is 46.1 Å². The summed E-state index contributed by atoms with van der Waals surface area (Å²) in [5.74, 6) is 0. The fourth-order valence-corrected chi connectivity index (χ4v) is 32.5. The van der Waals surface area contributed by atoms with Gasteiger partial charge >= 0.3 is 94.4 Å². The first-order chi connectivity index (χ1) is 5.41. The summed E-state index contributed by atoms with van der Waals surface area (Å²) in [6.07, 6.45) is 0. The standard InChI is InChI=1S/C2H6O2Si.6CH3.2Sn/c1-5(2,3)4;;;;;;;;/h1-2H3;6*1H3;;/q-2;;;;;;;2*+1. The summed E-state index contributed by atoms with van der Waals surface area (Å²) < 4.78 is 12.4. The molecule has 0 heterocycles. The predicted molar refractivity (Wildman–Crippen MR) is 66.3 cm³/mol. The Morgan fingerprint density at radius 3 is 1.08 bits per heavy atom. The Balaban J connectivity index is 4.25. The van der Waals surface area contributed by atoms with Crippen LogP contribution >= 0.6 is 0 Å². The molecular formula is C8H24O2SiSn2. The molecule has 0 aromatic heterocycles. The molecule has 0 fully saturated rings. The van der Waals surface area contributed by atoms with Gasteiger partial charge in [0.25, 0.3) is 0 Å². The van der Waals surface area contributed by atoms with Crippen LogP contribution < -0.4 is 0 Å². The molecule has 80 valence electrons. The van der Waals surface area contributed by atoms with Gasteiger partial charge in [-0.2, -0.15) is 0 Å². The average molecular weight is 418 g/mol. The summed E-state index contributed by atoms with van der Waals surface area (Å²) in [7, 11) is -1.79. The Kier molecular flexibility index (Phi) is 5.34. The molecule has 0 amide bonds.